The summed E-state index contributed by atoms with van der Waals surface area (Å²) >= 11 is 3.47. The Hall–Kier alpha value is -0.540. The Morgan fingerprint density at radius 3 is 2.54 bits per heavy atom. The van der Waals surface area contributed by atoms with Gasteiger partial charge < -0.3 is 10.5 Å². The van der Waals surface area contributed by atoms with Crippen molar-refractivity contribution in [3.63, 3.8) is 0 Å². The average Bonchev–Trinajstić information content (AvgIpc) is 2.08. The van der Waals surface area contributed by atoms with Crippen LogP contribution in [0.25, 0.3) is 0 Å². The summed E-state index contributed by atoms with van der Waals surface area (Å²) in [5.74, 6) is 0.857. The number of rotatable bonds is 2. The van der Waals surface area contributed by atoms with Gasteiger partial charge in [-0.15, -0.1) is 0 Å². The van der Waals surface area contributed by atoms with Gasteiger partial charge in [-0.05, 0) is 31.5 Å². The van der Waals surface area contributed by atoms with Gasteiger partial charge in [0.25, 0.3) is 0 Å². The van der Waals surface area contributed by atoms with Gasteiger partial charge in [0.05, 0.1) is 7.11 Å². The van der Waals surface area contributed by atoms with E-state index in [1.54, 1.807) is 7.11 Å². The summed E-state index contributed by atoms with van der Waals surface area (Å²) in [6.07, 6.45) is 0. The van der Waals surface area contributed by atoms with Gasteiger partial charge in [-0.25, -0.2) is 0 Å². The average molecular weight is 244 g/mol. The van der Waals surface area contributed by atoms with Crippen LogP contribution in [0, 0.1) is 6.92 Å². The van der Waals surface area contributed by atoms with Crippen LogP contribution in [0.5, 0.6) is 5.75 Å². The van der Waals surface area contributed by atoms with Crippen LogP contribution in [0.1, 0.15) is 24.1 Å². The van der Waals surface area contributed by atoms with Crippen molar-refractivity contribution in [1.29, 1.82) is 0 Å². The SMILES string of the molecule is COc1ccc(Br)c(C)c1C(C)N. The minimum absolute atomic E-state index is 0.00699. The largest absolute Gasteiger partial charge is 0.496 e. The van der Waals surface area contributed by atoms with Crippen molar-refractivity contribution in [1.82, 2.24) is 0 Å². The molecule has 2 N–H and O–H groups in total. The third kappa shape index (κ3) is 2.03. The molecule has 0 aliphatic heterocycles. The van der Waals surface area contributed by atoms with E-state index in [1.807, 2.05) is 26.0 Å². The lowest BCUT2D eigenvalue weighted by molar-refractivity contribution is 0.406. The molecule has 0 aliphatic rings. The first-order valence-corrected chi connectivity index (χ1v) is 4.95. The molecule has 0 bridgehead atoms. The van der Waals surface area contributed by atoms with Crippen molar-refractivity contribution in [2.24, 2.45) is 5.73 Å². The molecule has 3 heteroatoms. The maximum atomic E-state index is 5.86. The van der Waals surface area contributed by atoms with Gasteiger partial charge in [0.2, 0.25) is 0 Å². The zero-order valence-corrected chi connectivity index (χ0v) is 9.68. The second-order valence-electron chi connectivity index (χ2n) is 3.08. The Kier molecular flexibility index (Phi) is 3.33. The van der Waals surface area contributed by atoms with E-state index in [-0.39, 0.29) is 6.04 Å². The number of benzene rings is 1. The Balaban J connectivity index is 3.32. The van der Waals surface area contributed by atoms with Crippen LogP contribution in [-0.2, 0) is 0 Å². The second kappa shape index (κ2) is 4.11. The normalized spacial score (nSPS) is 12.7. The highest BCUT2D eigenvalue weighted by molar-refractivity contribution is 9.10. The second-order valence-corrected chi connectivity index (χ2v) is 3.93. The number of hydrogen-bond acceptors (Lipinski definition) is 2. The van der Waals surface area contributed by atoms with Crippen LogP contribution >= 0.6 is 15.9 Å². The molecule has 2 nitrogen and oxygen atoms in total. The fraction of sp³-hybridized carbons (Fsp3) is 0.400. The molecule has 0 saturated carbocycles. The Morgan fingerprint density at radius 1 is 1.46 bits per heavy atom. The first kappa shape index (κ1) is 10.5. The highest BCUT2D eigenvalue weighted by atomic mass is 79.9. The first-order chi connectivity index (χ1) is 6.07. The van der Waals surface area contributed by atoms with Crippen molar-refractivity contribution in [2.75, 3.05) is 7.11 Å². The van der Waals surface area contributed by atoms with E-state index in [4.69, 9.17) is 10.5 Å². The van der Waals surface area contributed by atoms with E-state index < -0.39 is 0 Å². The lowest BCUT2D eigenvalue weighted by Gasteiger charge is -2.15. The molecule has 0 aromatic heterocycles. The molecule has 1 rings (SSSR count). The predicted octanol–water partition coefficient (Wildman–Crippen LogP) is 2.79. The number of methoxy groups -OCH3 is 1. The van der Waals surface area contributed by atoms with E-state index in [0.29, 0.717) is 0 Å². The Bertz CT molecular complexity index is 310. The molecule has 0 heterocycles. The molecule has 1 aromatic carbocycles. The lowest BCUT2D eigenvalue weighted by atomic mass is 10.0. The molecule has 1 aromatic rings. The van der Waals surface area contributed by atoms with Crippen LogP contribution in [-0.4, -0.2) is 7.11 Å². The lowest BCUT2D eigenvalue weighted by Crippen LogP contribution is -2.09. The molecule has 0 fully saturated rings. The molecule has 72 valence electrons. The van der Waals surface area contributed by atoms with E-state index >= 15 is 0 Å². The fourth-order valence-corrected chi connectivity index (χ4v) is 1.77. The highest BCUT2D eigenvalue weighted by Gasteiger charge is 2.12. The van der Waals surface area contributed by atoms with E-state index in [0.717, 1.165) is 21.3 Å². The Morgan fingerprint density at radius 2 is 2.08 bits per heavy atom. The Labute approximate surface area is 87.2 Å². The topological polar surface area (TPSA) is 35.2 Å². The van der Waals surface area contributed by atoms with E-state index in [9.17, 15) is 0 Å². The van der Waals surface area contributed by atoms with Gasteiger partial charge in [-0.2, -0.15) is 0 Å². The molecule has 1 unspecified atom stereocenters. The van der Waals surface area contributed by atoms with Gasteiger partial charge >= 0.3 is 0 Å². The highest BCUT2D eigenvalue weighted by Crippen LogP contribution is 2.31. The summed E-state index contributed by atoms with van der Waals surface area (Å²) in [5.41, 5.74) is 8.07. The zero-order chi connectivity index (χ0) is 10.0. The van der Waals surface area contributed by atoms with Gasteiger partial charge in [0, 0.05) is 16.1 Å². The van der Waals surface area contributed by atoms with Crippen molar-refractivity contribution in [3.05, 3.63) is 27.7 Å². The minimum Gasteiger partial charge on any atom is -0.496 e. The minimum atomic E-state index is -0.00699. The maximum absolute atomic E-state index is 5.86. The molecule has 13 heavy (non-hydrogen) atoms. The summed E-state index contributed by atoms with van der Waals surface area (Å²) in [6, 6.07) is 3.89. The molecule has 0 amide bonds. The number of halogens is 1. The molecule has 1 atom stereocenters. The van der Waals surface area contributed by atoms with Crippen molar-refractivity contribution in [2.45, 2.75) is 19.9 Å². The van der Waals surface area contributed by atoms with Gasteiger partial charge in [0.1, 0.15) is 5.75 Å². The summed E-state index contributed by atoms with van der Waals surface area (Å²) in [7, 11) is 1.66. The number of nitrogens with two attached hydrogens (primary N) is 1. The molecule has 0 spiro atoms. The van der Waals surface area contributed by atoms with Crippen LogP contribution in [0.2, 0.25) is 0 Å². The van der Waals surface area contributed by atoms with E-state index in [1.165, 1.54) is 0 Å². The van der Waals surface area contributed by atoms with Crippen LogP contribution < -0.4 is 10.5 Å². The van der Waals surface area contributed by atoms with Gasteiger partial charge in [-0.1, -0.05) is 15.9 Å². The quantitative estimate of drug-likeness (QED) is 0.868. The van der Waals surface area contributed by atoms with Crippen molar-refractivity contribution >= 4 is 15.9 Å². The third-order valence-electron chi connectivity index (χ3n) is 2.08. The van der Waals surface area contributed by atoms with Gasteiger partial charge in [-0.3, -0.25) is 0 Å². The zero-order valence-electron chi connectivity index (χ0n) is 8.10. The van der Waals surface area contributed by atoms with Gasteiger partial charge in [0.15, 0.2) is 0 Å². The van der Waals surface area contributed by atoms with Crippen molar-refractivity contribution < 1.29 is 4.74 Å². The maximum Gasteiger partial charge on any atom is 0.123 e. The summed E-state index contributed by atoms with van der Waals surface area (Å²) in [6.45, 7) is 3.99. The summed E-state index contributed by atoms with van der Waals surface area (Å²) < 4.78 is 6.31. The number of ether oxygens (including phenoxy) is 1. The first-order valence-electron chi connectivity index (χ1n) is 4.16. The van der Waals surface area contributed by atoms with E-state index in [2.05, 4.69) is 15.9 Å². The molecule has 0 aliphatic carbocycles. The smallest absolute Gasteiger partial charge is 0.123 e. The third-order valence-corrected chi connectivity index (χ3v) is 2.94. The standard InChI is InChI=1S/C10H14BrNO/c1-6-8(11)4-5-9(13-3)10(6)7(2)12/h4-5,7H,12H2,1-3H3. The molecule has 0 radical (unpaired) electrons. The monoisotopic (exact) mass is 243 g/mol. The van der Waals surface area contributed by atoms with Crippen LogP contribution in [0.15, 0.2) is 16.6 Å². The molecule has 0 saturated heterocycles. The predicted molar refractivity (Wildman–Crippen MR) is 58.0 cm³/mol. The molecular formula is C10H14BrNO. The van der Waals surface area contributed by atoms with Crippen molar-refractivity contribution in [3.8, 4) is 5.75 Å². The van der Waals surface area contributed by atoms with Crippen LogP contribution in [0.4, 0.5) is 0 Å². The molecular weight excluding hydrogens is 230 g/mol. The summed E-state index contributed by atoms with van der Waals surface area (Å²) in [4.78, 5) is 0. The summed E-state index contributed by atoms with van der Waals surface area (Å²) in [5, 5.41) is 0. The number of hydrogen-bond donors (Lipinski definition) is 1. The van der Waals surface area contributed by atoms with Crippen LogP contribution in [0.3, 0.4) is 0 Å². The fourth-order valence-electron chi connectivity index (χ4n) is 1.42.